The van der Waals surface area contributed by atoms with Gasteiger partial charge < -0.3 is 4.90 Å². The molecule has 8 heteroatoms. The van der Waals surface area contributed by atoms with Crippen molar-refractivity contribution in [1.82, 2.24) is 20.1 Å². The molecule has 0 saturated heterocycles. The van der Waals surface area contributed by atoms with Crippen LogP contribution in [-0.4, -0.2) is 33.0 Å². The maximum atomic E-state index is 12.5. The number of amides is 1. The number of aromatic amines is 1. The molecule has 1 heterocycles. The minimum Gasteiger partial charge on any atom is -0.338 e. The van der Waals surface area contributed by atoms with E-state index in [1.165, 1.54) is 23.4 Å². The lowest BCUT2D eigenvalue weighted by molar-refractivity contribution is -0.137. The minimum atomic E-state index is -4.35. The van der Waals surface area contributed by atoms with Crippen molar-refractivity contribution >= 4 is 5.91 Å². The third kappa shape index (κ3) is 4.54. The van der Waals surface area contributed by atoms with Crippen LogP contribution in [0.25, 0.3) is 0 Å². The summed E-state index contributed by atoms with van der Waals surface area (Å²) in [5.41, 5.74) is 0.00151. The van der Waals surface area contributed by atoms with Crippen molar-refractivity contribution < 1.29 is 18.0 Å². The molecule has 5 nitrogen and oxygen atoms in total. The third-order valence-electron chi connectivity index (χ3n) is 3.57. The van der Waals surface area contributed by atoms with Crippen LogP contribution in [0.1, 0.15) is 36.2 Å². The standard InChI is InChI=1S/C15H17F3N4O/c1-10(11-3-5-12(6-4-11)15(16,17)18)7-14(23)22(2)8-13-19-9-20-21-13/h3-6,9-10H,7-8H2,1-2H3,(H,19,20,21)/t10-/m0/s1. The summed E-state index contributed by atoms with van der Waals surface area (Å²) in [6, 6.07) is 4.90. The van der Waals surface area contributed by atoms with Gasteiger partial charge in [-0.25, -0.2) is 4.98 Å². The van der Waals surface area contributed by atoms with Crippen molar-refractivity contribution in [2.75, 3.05) is 7.05 Å². The van der Waals surface area contributed by atoms with Crippen molar-refractivity contribution in [3.8, 4) is 0 Å². The van der Waals surface area contributed by atoms with Gasteiger partial charge in [-0.1, -0.05) is 19.1 Å². The van der Waals surface area contributed by atoms with Crippen LogP contribution in [0.3, 0.4) is 0 Å². The SMILES string of the molecule is C[C@@H](CC(=O)N(C)Cc1ncn[nH]1)c1ccc(C(F)(F)F)cc1. The molecule has 0 aliphatic carbocycles. The number of carbonyl (C=O) groups excluding carboxylic acids is 1. The van der Waals surface area contributed by atoms with Crippen LogP contribution >= 0.6 is 0 Å². The lowest BCUT2D eigenvalue weighted by Crippen LogP contribution is -2.27. The summed E-state index contributed by atoms with van der Waals surface area (Å²) in [6.45, 7) is 2.11. The Kier molecular flexibility index (Phi) is 5.02. The largest absolute Gasteiger partial charge is 0.416 e. The molecule has 23 heavy (non-hydrogen) atoms. The Morgan fingerprint density at radius 3 is 2.48 bits per heavy atom. The molecule has 0 saturated carbocycles. The molecule has 124 valence electrons. The smallest absolute Gasteiger partial charge is 0.338 e. The first kappa shape index (κ1) is 17.0. The number of carbonyl (C=O) groups is 1. The number of hydrogen-bond donors (Lipinski definition) is 1. The first-order chi connectivity index (χ1) is 10.8. The van der Waals surface area contributed by atoms with Crippen molar-refractivity contribution in [1.29, 1.82) is 0 Å². The number of H-pyrrole nitrogens is 1. The number of benzene rings is 1. The summed E-state index contributed by atoms with van der Waals surface area (Å²) in [5, 5.41) is 6.37. The topological polar surface area (TPSA) is 61.9 Å². The van der Waals surface area contributed by atoms with Gasteiger partial charge in [-0.15, -0.1) is 0 Å². The fourth-order valence-electron chi connectivity index (χ4n) is 2.16. The molecule has 1 aromatic heterocycles. The van der Waals surface area contributed by atoms with Gasteiger partial charge in [-0.05, 0) is 23.6 Å². The quantitative estimate of drug-likeness (QED) is 0.919. The average molecular weight is 326 g/mol. The molecule has 0 spiro atoms. The predicted molar refractivity (Wildman–Crippen MR) is 77.3 cm³/mol. The summed E-state index contributed by atoms with van der Waals surface area (Å²) >= 11 is 0. The number of halogens is 3. The van der Waals surface area contributed by atoms with E-state index < -0.39 is 11.7 Å². The molecule has 1 N–H and O–H groups in total. The van der Waals surface area contributed by atoms with Crippen LogP contribution in [0.4, 0.5) is 13.2 Å². The van der Waals surface area contributed by atoms with E-state index in [1.807, 2.05) is 6.92 Å². The van der Waals surface area contributed by atoms with Crippen LogP contribution in [0.2, 0.25) is 0 Å². The van der Waals surface area contributed by atoms with Crippen LogP contribution < -0.4 is 0 Å². The van der Waals surface area contributed by atoms with Crippen LogP contribution in [-0.2, 0) is 17.5 Å². The molecular formula is C15H17F3N4O. The highest BCUT2D eigenvalue weighted by atomic mass is 19.4. The number of nitrogens with one attached hydrogen (secondary N) is 1. The lowest BCUT2D eigenvalue weighted by Gasteiger charge is -2.19. The van der Waals surface area contributed by atoms with Crippen molar-refractivity contribution in [2.24, 2.45) is 0 Å². The number of rotatable bonds is 5. The monoisotopic (exact) mass is 326 g/mol. The average Bonchev–Trinajstić information content (AvgIpc) is 2.99. The van der Waals surface area contributed by atoms with Gasteiger partial charge in [0.25, 0.3) is 0 Å². The van der Waals surface area contributed by atoms with E-state index >= 15 is 0 Å². The van der Waals surface area contributed by atoms with E-state index in [2.05, 4.69) is 15.2 Å². The first-order valence-corrected chi connectivity index (χ1v) is 7.02. The van der Waals surface area contributed by atoms with Gasteiger partial charge in [-0.2, -0.15) is 18.3 Å². The highest BCUT2D eigenvalue weighted by Crippen LogP contribution is 2.30. The van der Waals surface area contributed by atoms with Gasteiger partial charge in [0.05, 0.1) is 12.1 Å². The second-order valence-electron chi connectivity index (χ2n) is 5.41. The fraction of sp³-hybridized carbons (Fsp3) is 0.400. The highest BCUT2D eigenvalue weighted by Gasteiger charge is 2.30. The molecule has 0 bridgehead atoms. The van der Waals surface area contributed by atoms with E-state index in [0.29, 0.717) is 17.9 Å². The number of alkyl halides is 3. The van der Waals surface area contributed by atoms with Crippen molar-refractivity contribution in [2.45, 2.75) is 32.0 Å². The second-order valence-corrected chi connectivity index (χ2v) is 5.41. The predicted octanol–water partition coefficient (Wildman–Crippen LogP) is 2.98. The molecule has 0 aliphatic rings. The maximum Gasteiger partial charge on any atom is 0.416 e. The molecule has 2 aromatic rings. The molecular weight excluding hydrogens is 309 g/mol. The Morgan fingerprint density at radius 1 is 1.30 bits per heavy atom. The molecule has 1 amide bonds. The Bertz CT molecular complexity index is 638. The van der Waals surface area contributed by atoms with Gasteiger partial charge in [-0.3, -0.25) is 9.89 Å². The van der Waals surface area contributed by atoms with Crippen molar-refractivity contribution in [3.63, 3.8) is 0 Å². The Labute approximate surface area is 131 Å². The zero-order valence-corrected chi connectivity index (χ0v) is 12.8. The van der Waals surface area contributed by atoms with Gasteiger partial charge in [0.15, 0.2) is 0 Å². The molecule has 0 aliphatic heterocycles. The Hall–Kier alpha value is -2.38. The fourth-order valence-corrected chi connectivity index (χ4v) is 2.16. The second kappa shape index (κ2) is 6.80. The first-order valence-electron chi connectivity index (χ1n) is 7.02. The molecule has 1 atom stereocenters. The van der Waals surface area contributed by atoms with E-state index in [4.69, 9.17) is 0 Å². The summed E-state index contributed by atoms with van der Waals surface area (Å²) < 4.78 is 37.6. The summed E-state index contributed by atoms with van der Waals surface area (Å²) in [7, 11) is 1.64. The molecule has 0 radical (unpaired) electrons. The van der Waals surface area contributed by atoms with Gasteiger partial charge in [0.1, 0.15) is 12.2 Å². The summed E-state index contributed by atoms with van der Waals surface area (Å²) in [5.74, 6) is 0.277. The van der Waals surface area contributed by atoms with Crippen molar-refractivity contribution in [3.05, 3.63) is 47.5 Å². The highest BCUT2D eigenvalue weighted by molar-refractivity contribution is 5.76. The van der Waals surface area contributed by atoms with Gasteiger partial charge in [0, 0.05) is 13.5 Å². The van der Waals surface area contributed by atoms with Gasteiger partial charge in [0.2, 0.25) is 5.91 Å². The minimum absolute atomic E-state index is 0.117. The Balaban J connectivity index is 1.95. The summed E-state index contributed by atoms with van der Waals surface area (Å²) in [6.07, 6.45) is -2.79. The maximum absolute atomic E-state index is 12.5. The zero-order chi connectivity index (χ0) is 17.0. The van der Waals surface area contributed by atoms with Gasteiger partial charge >= 0.3 is 6.18 Å². The van der Waals surface area contributed by atoms with Crippen LogP contribution in [0, 0.1) is 0 Å². The molecule has 0 unspecified atom stereocenters. The number of hydrogen-bond acceptors (Lipinski definition) is 3. The van der Waals surface area contributed by atoms with E-state index in [9.17, 15) is 18.0 Å². The number of aromatic nitrogens is 3. The van der Waals surface area contributed by atoms with E-state index in [1.54, 1.807) is 7.05 Å². The lowest BCUT2D eigenvalue weighted by atomic mass is 9.96. The Morgan fingerprint density at radius 2 is 1.96 bits per heavy atom. The number of nitrogens with zero attached hydrogens (tertiary/aromatic N) is 3. The molecule has 0 fully saturated rings. The molecule has 1 aromatic carbocycles. The summed E-state index contributed by atoms with van der Waals surface area (Å²) in [4.78, 5) is 17.6. The van der Waals surface area contributed by atoms with E-state index in [0.717, 1.165) is 12.1 Å². The molecule has 2 rings (SSSR count). The zero-order valence-electron chi connectivity index (χ0n) is 12.8. The third-order valence-corrected chi connectivity index (χ3v) is 3.57. The van der Waals surface area contributed by atoms with Crippen LogP contribution in [0.5, 0.6) is 0 Å². The normalized spacial score (nSPS) is 12.9. The van der Waals surface area contributed by atoms with Crippen LogP contribution in [0.15, 0.2) is 30.6 Å². The van der Waals surface area contributed by atoms with E-state index in [-0.39, 0.29) is 18.2 Å².